The van der Waals surface area contributed by atoms with Crippen LogP contribution in [0.15, 0.2) is 65.5 Å². The average molecular weight is 307 g/mol. The fourth-order valence-electron chi connectivity index (χ4n) is 2.00. The Bertz CT molecular complexity index is 862. The minimum absolute atomic E-state index is 0.171. The molecule has 1 heterocycles. The van der Waals surface area contributed by atoms with Gasteiger partial charge < -0.3 is 0 Å². The van der Waals surface area contributed by atoms with Gasteiger partial charge in [-0.1, -0.05) is 48.5 Å². The molecule has 0 aliphatic carbocycles. The number of nitrogens with zero attached hydrogens (tertiary/aromatic N) is 2. The lowest BCUT2D eigenvalue weighted by molar-refractivity contribution is 0.0962. The zero-order valence-electron chi connectivity index (χ0n) is 12.0. The molecule has 1 amide bonds. The van der Waals surface area contributed by atoms with E-state index in [4.69, 9.17) is 0 Å². The highest BCUT2D eigenvalue weighted by atomic mass is 16.2. The fraction of sp³-hybridized carbons (Fsp3) is 0. The van der Waals surface area contributed by atoms with Crippen LogP contribution in [0.3, 0.4) is 0 Å². The number of rotatable bonds is 4. The highest BCUT2D eigenvalue weighted by Crippen LogP contribution is 2.20. The SMILES string of the molecule is O=C(NNc1nc(=O)[nH]nc1-c1ccccc1)c1ccccc1. The fourth-order valence-corrected chi connectivity index (χ4v) is 2.00. The van der Waals surface area contributed by atoms with E-state index in [-0.39, 0.29) is 11.7 Å². The van der Waals surface area contributed by atoms with Crippen molar-refractivity contribution in [2.24, 2.45) is 0 Å². The lowest BCUT2D eigenvalue weighted by Crippen LogP contribution is -2.31. The van der Waals surface area contributed by atoms with Gasteiger partial charge in [-0.2, -0.15) is 10.1 Å². The van der Waals surface area contributed by atoms with E-state index in [0.29, 0.717) is 11.3 Å². The van der Waals surface area contributed by atoms with E-state index in [1.54, 1.807) is 24.3 Å². The van der Waals surface area contributed by atoms with Crippen LogP contribution in [0.25, 0.3) is 11.3 Å². The molecule has 0 aliphatic rings. The minimum Gasteiger partial charge on any atom is -0.280 e. The first-order valence-electron chi connectivity index (χ1n) is 6.87. The van der Waals surface area contributed by atoms with Crippen LogP contribution in [0.5, 0.6) is 0 Å². The highest BCUT2D eigenvalue weighted by Gasteiger charge is 2.11. The highest BCUT2D eigenvalue weighted by molar-refractivity contribution is 5.95. The van der Waals surface area contributed by atoms with Gasteiger partial charge in [0, 0.05) is 11.1 Å². The molecule has 3 aromatic rings. The van der Waals surface area contributed by atoms with E-state index < -0.39 is 5.69 Å². The number of nitrogens with one attached hydrogen (secondary N) is 3. The van der Waals surface area contributed by atoms with Crippen LogP contribution < -0.4 is 16.5 Å². The predicted molar refractivity (Wildman–Crippen MR) is 85.6 cm³/mol. The van der Waals surface area contributed by atoms with Crippen molar-refractivity contribution in [2.75, 3.05) is 5.43 Å². The number of amides is 1. The summed E-state index contributed by atoms with van der Waals surface area (Å²) in [6.07, 6.45) is 0. The number of hydrogen-bond donors (Lipinski definition) is 3. The second-order valence-electron chi connectivity index (χ2n) is 4.65. The summed E-state index contributed by atoms with van der Waals surface area (Å²) in [6.45, 7) is 0. The summed E-state index contributed by atoms with van der Waals surface area (Å²) in [6, 6.07) is 17.9. The number of anilines is 1. The molecule has 1 aromatic heterocycles. The van der Waals surface area contributed by atoms with Crippen LogP contribution in [-0.4, -0.2) is 21.1 Å². The van der Waals surface area contributed by atoms with E-state index in [1.165, 1.54) is 0 Å². The first-order chi connectivity index (χ1) is 11.2. The van der Waals surface area contributed by atoms with Crippen molar-refractivity contribution in [3.05, 3.63) is 76.7 Å². The van der Waals surface area contributed by atoms with E-state index in [1.807, 2.05) is 36.4 Å². The monoisotopic (exact) mass is 307 g/mol. The summed E-state index contributed by atoms with van der Waals surface area (Å²) < 4.78 is 0. The summed E-state index contributed by atoms with van der Waals surface area (Å²) >= 11 is 0. The lowest BCUT2D eigenvalue weighted by atomic mass is 10.1. The molecule has 0 unspecified atom stereocenters. The van der Waals surface area contributed by atoms with Crippen LogP contribution in [-0.2, 0) is 0 Å². The lowest BCUT2D eigenvalue weighted by Gasteiger charge is -2.10. The van der Waals surface area contributed by atoms with Crippen molar-refractivity contribution >= 4 is 11.7 Å². The number of hydrazine groups is 1. The molecule has 7 nitrogen and oxygen atoms in total. The van der Waals surface area contributed by atoms with E-state index in [9.17, 15) is 9.59 Å². The van der Waals surface area contributed by atoms with Gasteiger partial charge >= 0.3 is 5.69 Å². The molecular formula is C16H13N5O2. The van der Waals surface area contributed by atoms with E-state index in [0.717, 1.165) is 5.56 Å². The molecule has 0 radical (unpaired) electrons. The van der Waals surface area contributed by atoms with Crippen LogP contribution in [0.2, 0.25) is 0 Å². The van der Waals surface area contributed by atoms with Crippen molar-refractivity contribution in [3.63, 3.8) is 0 Å². The maximum atomic E-state index is 12.0. The smallest absolute Gasteiger partial charge is 0.280 e. The van der Waals surface area contributed by atoms with Crippen molar-refractivity contribution < 1.29 is 4.79 Å². The van der Waals surface area contributed by atoms with Gasteiger partial charge in [-0.05, 0) is 12.1 Å². The number of carbonyl (C=O) groups is 1. The van der Waals surface area contributed by atoms with Gasteiger partial charge in [-0.15, -0.1) is 0 Å². The van der Waals surface area contributed by atoms with Gasteiger partial charge in [0.15, 0.2) is 5.82 Å². The Kier molecular flexibility index (Phi) is 4.10. The molecule has 3 rings (SSSR count). The van der Waals surface area contributed by atoms with Crippen molar-refractivity contribution in [1.29, 1.82) is 0 Å². The summed E-state index contributed by atoms with van der Waals surface area (Å²) in [4.78, 5) is 27.3. The third-order valence-electron chi connectivity index (χ3n) is 3.08. The molecule has 0 aliphatic heterocycles. The van der Waals surface area contributed by atoms with E-state index in [2.05, 4.69) is 26.0 Å². The average Bonchev–Trinajstić information content (AvgIpc) is 2.61. The van der Waals surface area contributed by atoms with Gasteiger partial charge in [0.25, 0.3) is 5.91 Å². The number of H-pyrrole nitrogens is 1. The third-order valence-corrected chi connectivity index (χ3v) is 3.08. The Balaban J connectivity index is 1.84. The zero-order chi connectivity index (χ0) is 16.1. The summed E-state index contributed by atoms with van der Waals surface area (Å²) in [7, 11) is 0. The molecule has 0 bridgehead atoms. The van der Waals surface area contributed by atoms with Crippen molar-refractivity contribution in [2.45, 2.75) is 0 Å². The summed E-state index contributed by atoms with van der Waals surface area (Å²) in [5, 5.41) is 6.27. The standard InChI is InChI=1S/C16H13N5O2/c22-15(12-9-5-2-6-10-12)20-19-14-13(18-21-16(23)17-14)11-7-3-1-4-8-11/h1-10H,(H,20,22)(H2,17,19,21,23). The van der Waals surface area contributed by atoms with Crippen LogP contribution in [0.1, 0.15) is 10.4 Å². The quantitative estimate of drug-likeness (QED) is 0.636. The van der Waals surface area contributed by atoms with Crippen LogP contribution in [0, 0.1) is 0 Å². The Hall–Kier alpha value is -3.48. The zero-order valence-corrected chi connectivity index (χ0v) is 12.0. The van der Waals surface area contributed by atoms with Gasteiger partial charge in [-0.3, -0.25) is 15.6 Å². The van der Waals surface area contributed by atoms with Gasteiger partial charge in [0.1, 0.15) is 5.69 Å². The number of benzene rings is 2. The van der Waals surface area contributed by atoms with Gasteiger partial charge in [0.2, 0.25) is 0 Å². The van der Waals surface area contributed by atoms with Gasteiger partial charge in [-0.25, -0.2) is 9.89 Å². The first-order valence-corrected chi connectivity index (χ1v) is 6.87. The Morgan fingerprint density at radius 3 is 2.30 bits per heavy atom. The summed E-state index contributed by atoms with van der Waals surface area (Å²) in [5.41, 5.74) is 6.23. The van der Waals surface area contributed by atoms with Crippen molar-refractivity contribution in [3.8, 4) is 11.3 Å². The van der Waals surface area contributed by atoms with Crippen LogP contribution in [0.4, 0.5) is 5.82 Å². The molecule has 0 atom stereocenters. The Labute approximate surface area is 131 Å². The number of aromatic nitrogens is 3. The van der Waals surface area contributed by atoms with Crippen molar-refractivity contribution in [1.82, 2.24) is 20.6 Å². The maximum Gasteiger partial charge on any atom is 0.363 e. The Morgan fingerprint density at radius 2 is 1.61 bits per heavy atom. The first kappa shape index (κ1) is 14.5. The number of aromatic amines is 1. The molecule has 7 heteroatoms. The molecule has 2 aromatic carbocycles. The molecular weight excluding hydrogens is 294 g/mol. The molecule has 0 saturated carbocycles. The molecule has 0 spiro atoms. The Morgan fingerprint density at radius 1 is 0.957 bits per heavy atom. The predicted octanol–water partition coefficient (Wildman–Crippen LogP) is 1.59. The van der Waals surface area contributed by atoms with Gasteiger partial charge in [0.05, 0.1) is 0 Å². The second-order valence-corrected chi connectivity index (χ2v) is 4.65. The second kappa shape index (κ2) is 6.52. The molecule has 23 heavy (non-hydrogen) atoms. The largest absolute Gasteiger partial charge is 0.363 e. The minimum atomic E-state index is -0.610. The van der Waals surface area contributed by atoms with E-state index >= 15 is 0 Å². The summed E-state index contributed by atoms with van der Waals surface area (Å²) in [5.74, 6) is -0.170. The normalized spacial score (nSPS) is 10.1. The number of hydrogen-bond acceptors (Lipinski definition) is 5. The molecule has 0 fully saturated rings. The third kappa shape index (κ3) is 3.41. The molecule has 0 saturated heterocycles. The van der Waals surface area contributed by atoms with Crippen LogP contribution >= 0.6 is 0 Å². The molecule has 114 valence electrons. The maximum absolute atomic E-state index is 12.0. The molecule has 3 N–H and O–H groups in total. The topological polar surface area (TPSA) is 99.8 Å². The number of carbonyl (C=O) groups excluding carboxylic acids is 1.